The molecule has 0 spiro atoms. The van der Waals surface area contributed by atoms with Crippen molar-refractivity contribution in [2.45, 2.75) is 18.7 Å². The summed E-state index contributed by atoms with van der Waals surface area (Å²) in [6, 6.07) is 7.50. The van der Waals surface area contributed by atoms with Crippen LogP contribution in [0.1, 0.15) is 12.5 Å². The Labute approximate surface area is 171 Å². The van der Waals surface area contributed by atoms with Crippen LogP contribution in [0, 0.1) is 17.0 Å². The smallest absolute Gasteiger partial charge is 0.326 e. The number of rotatable bonds is 7. The van der Waals surface area contributed by atoms with Crippen LogP contribution in [0.15, 0.2) is 41.3 Å². The van der Waals surface area contributed by atoms with Crippen molar-refractivity contribution in [1.82, 2.24) is 0 Å². The van der Waals surface area contributed by atoms with Crippen LogP contribution >= 0.6 is 23.2 Å². The number of halogens is 2. The minimum atomic E-state index is -4.36. The molecule has 150 valence electrons. The van der Waals surface area contributed by atoms with Gasteiger partial charge in [-0.1, -0.05) is 29.3 Å². The SMILES string of the molecule is CCOC(=O)CN(c1ccc(Cl)c(Cl)c1)S(=O)(=O)c1cc([N+](=O)[O-])ccc1C. The quantitative estimate of drug-likeness (QED) is 0.361. The standard InChI is InChI=1S/C17H16Cl2N2O6S/c1-3-27-17(22)10-20(12-6-7-14(18)15(19)8-12)28(25,26)16-9-13(21(23)24)5-4-11(16)2/h4-9H,3,10H2,1-2H3. The number of non-ortho nitro benzene ring substituents is 1. The summed E-state index contributed by atoms with van der Waals surface area (Å²) >= 11 is 11.9. The first kappa shape index (κ1) is 21.9. The lowest BCUT2D eigenvalue weighted by Gasteiger charge is -2.24. The minimum absolute atomic E-state index is 0.0595. The number of nitro benzene ring substituents is 1. The second-order valence-corrected chi connectivity index (χ2v) is 8.27. The predicted molar refractivity (Wildman–Crippen MR) is 105 cm³/mol. The molecule has 2 aromatic carbocycles. The Bertz CT molecular complexity index is 1030. The Morgan fingerprint density at radius 3 is 2.43 bits per heavy atom. The second kappa shape index (κ2) is 8.76. The van der Waals surface area contributed by atoms with Crippen LogP contribution in [0.3, 0.4) is 0 Å². The third kappa shape index (κ3) is 4.73. The van der Waals surface area contributed by atoms with E-state index in [4.69, 9.17) is 27.9 Å². The number of sulfonamides is 1. The lowest BCUT2D eigenvalue weighted by molar-refractivity contribution is -0.385. The molecule has 0 radical (unpaired) electrons. The number of anilines is 1. The molecule has 2 aromatic rings. The van der Waals surface area contributed by atoms with Gasteiger partial charge < -0.3 is 4.74 Å². The molecule has 0 saturated heterocycles. The fourth-order valence-electron chi connectivity index (χ4n) is 2.38. The number of benzene rings is 2. The van der Waals surface area contributed by atoms with Gasteiger partial charge in [0.15, 0.2) is 0 Å². The van der Waals surface area contributed by atoms with Gasteiger partial charge in [0.2, 0.25) is 0 Å². The average Bonchev–Trinajstić information content (AvgIpc) is 2.62. The third-order valence-electron chi connectivity index (χ3n) is 3.72. The fourth-order valence-corrected chi connectivity index (χ4v) is 4.32. The maximum absolute atomic E-state index is 13.3. The van der Waals surface area contributed by atoms with Gasteiger partial charge in [-0.15, -0.1) is 0 Å². The van der Waals surface area contributed by atoms with Crippen molar-refractivity contribution in [1.29, 1.82) is 0 Å². The first-order chi connectivity index (χ1) is 13.1. The normalized spacial score (nSPS) is 11.1. The number of hydrogen-bond acceptors (Lipinski definition) is 6. The molecule has 0 amide bonds. The largest absolute Gasteiger partial charge is 0.465 e. The van der Waals surface area contributed by atoms with Crippen molar-refractivity contribution in [3.05, 3.63) is 62.1 Å². The monoisotopic (exact) mass is 446 g/mol. The minimum Gasteiger partial charge on any atom is -0.465 e. The Morgan fingerprint density at radius 1 is 1.18 bits per heavy atom. The van der Waals surface area contributed by atoms with Crippen LogP contribution in [-0.4, -0.2) is 32.5 Å². The first-order valence-corrected chi connectivity index (χ1v) is 10.2. The maximum atomic E-state index is 13.3. The topological polar surface area (TPSA) is 107 Å². The van der Waals surface area contributed by atoms with Gasteiger partial charge in [0.25, 0.3) is 15.7 Å². The summed E-state index contributed by atoms with van der Waals surface area (Å²) in [4.78, 5) is 22.1. The van der Waals surface area contributed by atoms with Crippen LogP contribution in [-0.2, 0) is 19.6 Å². The number of aryl methyl sites for hydroxylation is 1. The van der Waals surface area contributed by atoms with Gasteiger partial charge in [0.05, 0.1) is 32.2 Å². The molecule has 0 fully saturated rings. The van der Waals surface area contributed by atoms with Crippen LogP contribution in [0.5, 0.6) is 0 Å². The van der Waals surface area contributed by atoms with Gasteiger partial charge in [-0.25, -0.2) is 8.42 Å². The van der Waals surface area contributed by atoms with Crippen LogP contribution in [0.2, 0.25) is 10.0 Å². The van der Waals surface area contributed by atoms with Crippen molar-refractivity contribution in [2.75, 3.05) is 17.5 Å². The Morgan fingerprint density at radius 2 is 1.86 bits per heavy atom. The fraction of sp³-hybridized carbons (Fsp3) is 0.235. The molecule has 0 unspecified atom stereocenters. The molecule has 0 aliphatic rings. The molecule has 0 atom stereocenters. The molecule has 2 rings (SSSR count). The number of nitro groups is 1. The molecular formula is C17H16Cl2N2O6S. The molecule has 0 aliphatic heterocycles. The molecule has 0 heterocycles. The van der Waals surface area contributed by atoms with E-state index in [1.165, 1.54) is 37.3 Å². The third-order valence-corrected chi connectivity index (χ3v) is 6.37. The summed E-state index contributed by atoms with van der Waals surface area (Å²) in [5.41, 5.74) is -0.0534. The van der Waals surface area contributed by atoms with E-state index in [0.29, 0.717) is 0 Å². The van der Waals surface area contributed by atoms with Crippen LogP contribution in [0.4, 0.5) is 11.4 Å². The number of ether oxygens (including phenoxy) is 1. The van der Waals surface area contributed by atoms with Crippen molar-refractivity contribution >= 4 is 50.6 Å². The zero-order chi connectivity index (χ0) is 21.1. The average molecular weight is 447 g/mol. The Balaban J connectivity index is 2.64. The highest BCUT2D eigenvalue weighted by atomic mass is 35.5. The summed E-state index contributed by atoms with van der Waals surface area (Å²) < 4.78 is 32.2. The Kier molecular flexibility index (Phi) is 6.87. The molecule has 11 heteroatoms. The highest BCUT2D eigenvalue weighted by Gasteiger charge is 2.31. The van der Waals surface area contributed by atoms with Crippen LogP contribution < -0.4 is 4.31 Å². The molecule has 8 nitrogen and oxygen atoms in total. The Hall–Kier alpha value is -2.36. The van der Waals surface area contributed by atoms with Gasteiger partial charge in [0.1, 0.15) is 6.54 Å². The zero-order valence-corrected chi connectivity index (χ0v) is 17.2. The van der Waals surface area contributed by atoms with Gasteiger partial charge in [-0.3, -0.25) is 19.2 Å². The summed E-state index contributed by atoms with van der Waals surface area (Å²) in [5, 5.41) is 11.3. The molecule has 0 N–H and O–H groups in total. The lowest BCUT2D eigenvalue weighted by atomic mass is 10.2. The molecular weight excluding hydrogens is 431 g/mol. The number of carbonyl (C=O) groups excluding carboxylic acids is 1. The zero-order valence-electron chi connectivity index (χ0n) is 14.9. The molecule has 0 aromatic heterocycles. The molecule has 0 aliphatic carbocycles. The van der Waals surface area contributed by atoms with E-state index in [2.05, 4.69) is 0 Å². The summed E-state index contributed by atoms with van der Waals surface area (Å²) in [5.74, 6) is -0.791. The van der Waals surface area contributed by atoms with Crippen LogP contribution in [0.25, 0.3) is 0 Å². The van der Waals surface area contributed by atoms with E-state index in [1.807, 2.05) is 0 Å². The van der Waals surface area contributed by atoms with E-state index in [0.717, 1.165) is 10.4 Å². The van der Waals surface area contributed by atoms with Crippen molar-refractivity contribution in [2.24, 2.45) is 0 Å². The highest BCUT2D eigenvalue weighted by molar-refractivity contribution is 7.93. The first-order valence-electron chi connectivity index (χ1n) is 7.96. The number of carbonyl (C=O) groups is 1. The van der Waals surface area contributed by atoms with E-state index in [1.54, 1.807) is 6.92 Å². The summed E-state index contributed by atoms with van der Waals surface area (Å²) in [7, 11) is -4.36. The van der Waals surface area contributed by atoms with Gasteiger partial charge in [-0.2, -0.15) is 0 Å². The maximum Gasteiger partial charge on any atom is 0.326 e. The van der Waals surface area contributed by atoms with E-state index in [-0.39, 0.29) is 32.8 Å². The van der Waals surface area contributed by atoms with Crippen molar-refractivity contribution < 1.29 is 22.9 Å². The van der Waals surface area contributed by atoms with Gasteiger partial charge >= 0.3 is 5.97 Å². The molecule has 28 heavy (non-hydrogen) atoms. The second-order valence-electron chi connectivity index (χ2n) is 5.62. The van der Waals surface area contributed by atoms with E-state index >= 15 is 0 Å². The van der Waals surface area contributed by atoms with E-state index < -0.39 is 33.1 Å². The predicted octanol–water partition coefficient (Wildman–Crippen LogP) is 3.97. The lowest BCUT2D eigenvalue weighted by Crippen LogP contribution is -2.37. The van der Waals surface area contributed by atoms with Crippen molar-refractivity contribution in [3.63, 3.8) is 0 Å². The van der Waals surface area contributed by atoms with Crippen molar-refractivity contribution in [3.8, 4) is 0 Å². The molecule has 0 saturated carbocycles. The summed E-state index contributed by atoms with van der Waals surface area (Å²) in [6.45, 7) is 2.49. The van der Waals surface area contributed by atoms with E-state index in [9.17, 15) is 23.3 Å². The number of nitrogens with zero attached hydrogens (tertiary/aromatic N) is 2. The molecule has 0 bridgehead atoms. The summed E-state index contributed by atoms with van der Waals surface area (Å²) in [6.07, 6.45) is 0. The highest BCUT2D eigenvalue weighted by Crippen LogP contribution is 2.32. The number of hydrogen-bond donors (Lipinski definition) is 0. The van der Waals surface area contributed by atoms with Gasteiger partial charge in [-0.05, 0) is 37.6 Å². The van der Waals surface area contributed by atoms with Gasteiger partial charge in [0, 0.05) is 12.1 Å². The number of esters is 1.